The summed E-state index contributed by atoms with van der Waals surface area (Å²) in [6.07, 6.45) is 3.24. The van der Waals surface area contributed by atoms with E-state index in [0.717, 1.165) is 41.5 Å². The first kappa shape index (κ1) is 24.2. The lowest BCUT2D eigenvalue weighted by molar-refractivity contribution is -0.137. The topological polar surface area (TPSA) is 83.8 Å². The van der Waals surface area contributed by atoms with E-state index < -0.39 is 11.9 Å². The van der Waals surface area contributed by atoms with Crippen molar-refractivity contribution in [3.63, 3.8) is 0 Å². The van der Waals surface area contributed by atoms with Crippen molar-refractivity contribution in [3.05, 3.63) is 95.6 Å². The molecule has 5 heteroatoms. The number of hydrogen-bond acceptors (Lipinski definition) is 3. The van der Waals surface area contributed by atoms with Gasteiger partial charge in [-0.05, 0) is 59.6 Å². The summed E-state index contributed by atoms with van der Waals surface area (Å²) in [4.78, 5) is 21.9. The first-order valence-corrected chi connectivity index (χ1v) is 11.3. The molecule has 0 radical (unpaired) electrons. The maximum atomic E-state index is 11.1. The molecule has 3 rings (SSSR count). The highest BCUT2D eigenvalue weighted by atomic mass is 16.5. The largest absolute Gasteiger partial charge is 0.481 e. The third kappa shape index (κ3) is 7.88. The molecule has 0 saturated carbocycles. The first-order chi connectivity index (χ1) is 16.0. The van der Waals surface area contributed by atoms with Gasteiger partial charge in [-0.15, -0.1) is 0 Å². The van der Waals surface area contributed by atoms with Crippen LogP contribution in [-0.4, -0.2) is 28.8 Å². The molecule has 3 aromatic carbocycles. The van der Waals surface area contributed by atoms with E-state index in [1.165, 1.54) is 0 Å². The molecule has 0 fully saturated rings. The van der Waals surface area contributed by atoms with Gasteiger partial charge in [0.25, 0.3) is 0 Å². The summed E-state index contributed by atoms with van der Waals surface area (Å²) in [7, 11) is 0. The van der Waals surface area contributed by atoms with Gasteiger partial charge in [-0.2, -0.15) is 0 Å². The normalized spacial score (nSPS) is 11.8. The standard InChI is InChI=1S/C28H30O5/c29-27(30)13-7-4-8-22(18-21-14-16-24(17-15-21)28(31)32)19-33-20-25-11-5-6-12-26(25)23-9-2-1-3-10-23/h1-3,5-6,9-12,14-17,22H,4,7-8,13,18-20H2,(H,29,30)(H,31,32). The zero-order valence-corrected chi connectivity index (χ0v) is 18.7. The minimum Gasteiger partial charge on any atom is -0.481 e. The second-order valence-electron chi connectivity index (χ2n) is 8.25. The highest BCUT2D eigenvalue weighted by Crippen LogP contribution is 2.25. The molecule has 3 aromatic rings. The van der Waals surface area contributed by atoms with Crippen molar-refractivity contribution in [1.29, 1.82) is 0 Å². The number of carboxylic acids is 2. The van der Waals surface area contributed by atoms with Gasteiger partial charge in [-0.3, -0.25) is 4.79 Å². The van der Waals surface area contributed by atoms with Crippen molar-refractivity contribution in [2.24, 2.45) is 5.92 Å². The molecule has 33 heavy (non-hydrogen) atoms. The van der Waals surface area contributed by atoms with Gasteiger partial charge in [0.1, 0.15) is 0 Å². The summed E-state index contributed by atoms with van der Waals surface area (Å²) in [6, 6.07) is 25.4. The molecular formula is C28H30O5. The van der Waals surface area contributed by atoms with Gasteiger partial charge in [-0.25, -0.2) is 4.79 Å². The molecule has 5 nitrogen and oxygen atoms in total. The summed E-state index contributed by atoms with van der Waals surface area (Å²) in [5.74, 6) is -1.49. The summed E-state index contributed by atoms with van der Waals surface area (Å²) in [5.41, 5.74) is 4.75. The molecule has 0 saturated heterocycles. The zero-order chi connectivity index (χ0) is 23.5. The Hall–Kier alpha value is -3.44. The molecule has 1 unspecified atom stereocenters. The Balaban J connectivity index is 1.62. The van der Waals surface area contributed by atoms with E-state index in [2.05, 4.69) is 24.3 Å². The molecule has 172 valence electrons. The predicted molar refractivity (Wildman–Crippen MR) is 128 cm³/mol. The number of unbranched alkanes of at least 4 members (excludes halogenated alkanes) is 1. The number of hydrogen-bond donors (Lipinski definition) is 2. The van der Waals surface area contributed by atoms with Crippen LogP contribution in [0, 0.1) is 5.92 Å². The highest BCUT2D eigenvalue weighted by Gasteiger charge is 2.13. The van der Waals surface area contributed by atoms with E-state index in [1.54, 1.807) is 12.1 Å². The Morgan fingerprint density at radius 2 is 1.52 bits per heavy atom. The molecule has 0 heterocycles. The average Bonchev–Trinajstić information content (AvgIpc) is 2.82. The van der Waals surface area contributed by atoms with Crippen molar-refractivity contribution in [2.75, 3.05) is 6.61 Å². The molecule has 2 N–H and O–H groups in total. The Bertz CT molecular complexity index is 1030. The van der Waals surface area contributed by atoms with E-state index in [4.69, 9.17) is 14.9 Å². The van der Waals surface area contributed by atoms with Crippen LogP contribution in [0.4, 0.5) is 0 Å². The molecule has 0 spiro atoms. The summed E-state index contributed by atoms with van der Waals surface area (Å²) < 4.78 is 6.15. The van der Waals surface area contributed by atoms with Crippen LogP contribution in [0.5, 0.6) is 0 Å². The quantitative estimate of drug-likeness (QED) is 0.311. The molecule has 0 aliphatic rings. The molecule has 1 atom stereocenters. The second kappa shape index (κ2) is 12.6. The molecule has 0 aliphatic heterocycles. The minimum absolute atomic E-state index is 0.172. The van der Waals surface area contributed by atoms with Crippen LogP contribution in [0.1, 0.15) is 47.2 Å². The van der Waals surface area contributed by atoms with E-state index in [-0.39, 0.29) is 17.9 Å². The lowest BCUT2D eigenvalue weighted by Gasteiger charge is -2.18. The van der Waals surface area contributed by atoms with Gasteiger partial charge in [0.2, 0.25) is 0 Å². The number of aromatic carboxylic acids is 1. The van der Waals surface area contributed by atoms with Crippen LogP contribution in [0.15, 0.2) is 78.9 Å². The Morgan fingerprint density at radius 1 is 0.818 bits per heavy atom. The maximum Gasteiger partial charge on any atom is 0.335 e. The van der Waals surface area contributed by atoms with Crippen LogP contribution < -0.4 is 0 Å². The van der Waals surface area contributed by atoms with Crippen molar-refractivity contribution in [3.8, 4) is 11.1 Å². The van der Waals surface area contributed by atoms with Gasteiger partial charge < -0.3 is 14.9 Å². The lowest BCUT2D eigenvalue weighted by Crippen LogP contribution is -2.14. The van der Waals surface area contributed by atoms with Crippen molar-refractivity contribution in [2.45, 2.75) is 38.7 Å². The molecule has 0 aromatic heterocycles. The smallest absolute Gasteiger partial charge is 0.335 e. The third-order valence-electron chi connectivity index (χ3n) is 5.69. The van der Waals surface area contributed by atoms with E-state index in [1.807, 2.05) is 42.5 Å². The van der Waals surface area contributed by atoms with Crippen LogP contribution in [-0.2, 0) is 22.6 Å². The van der Waals surface area contributed by atoms with Gasteiger partial charge in [0.05, 0.1) is 18.8 Å². The lowest BCUT2D eigenvalue weighted by atomic mass is 9.94. The van der Waals surface area contributed by atoms with Crippen molar-refractivity contribution in [1.82, 2.24) is 0 Å². The average molecular weight is 447 g/mol. The van der Waals surface area contributed by atoms with E-state index in [0.29, 0.717) is 19.6 Å². The fourth-order valence-corrected chi connectivity index (χ4v) is 3.95. The summed E-state index contributed by atoms with van der Waals surface area (Å²) in [5, 5.41) is 18.0. The summed E-state index contributed by atoms with van der Waals surface area (Å²) >= 11 is 0. The molecule has 0 bridgehead atoms. The van der Waals surface area contributed by atoms with Gasteiger partial charge >= 0.3 is 11.9 Å². The second-order valence-corrected chi connectivity index (χ2v) is 8.25. The van der Waals surface area contributed by atoms with E-state index >= 15 is 0 Å². The van der Waals surface area contributed by atoms with Gasteiger partial charge in [0.15, 0.2) is 0 Å². The molecule has 0 aliphatic carbocycles. The number of aliphatic carboxylic acids is 1. The molecule has 0 amide bonds. The first-order valence-electron chi connectivity index (χ1n) is 11.3. The highest BCUT2D eigenvalue weighted by molar-refractivity contribution is 5.87. The zero-order valence-electron chi connectivity index (χ0n) is 18.7. The van der Waals surface area contributed by atoms with Crippen LogP contribution in [0.3, 0.4) is 0 Å². The SMILES string of the molecule is O=C(O)CCCCC(COCc1ccccc1-c1ccccc1)Cc1ccc(C(=O)O)cc1. The predicted octanol–water partition coefficient (Wildman–Crippen LogP) is 6.07. The number of rotatable bonds is 13. The minimum atomic E-state index is -0.938. The third-order valence-corrected chi connectivity index (χ3v) is 5.69. The fraction of sp³-hybridized carbons (Fsp3) is 0.286. The van der Waals surface area contributed by atoms with Crippen molar-refractivity contribution < 1.29 is 24.5 Å². The van der Waals surface area contributed by atoms with E-state index in [9.17, 15) is 9.59 Å². The Labute approximate surface area is 194 Å². The van der Waals surface area contributed by atoms with Crippen LogP contribution >= 0.6 is 0 Å². The monoisotopic (exact) mass is 446 g/mol. The Morgan fingerprint density at radius 3 is 2.21 bits per heavy atom. The van der Waals surface area contributed by atoms with Crippen molar-refractivity contribution >= 4 is 11.9 Å². The Kier molecular flexibility index (Phi) is 9.21. The maximum absolute atomic E-state index is 11.1. The number of carbonyl (C=O) groups is 2. The van der Waals surface area contributed by atoms with Gasteiger partial charge in [0, 0.05) is 6.42 Å². The van der Waals surface area contributed by atoms with Crippen LogP contribution in [0.2, 0.25) is 0 Å². The summed E-state index contributed by atoms with van der Waals surface area (Å²) in [6.45, 7) is 1.05. The number of carboxylic acid groups (broad SMARTS) is 2. The fourth-order valence-electron chi connectivity index (χ4n) is 3.95. The molecular weight excluding hydrogens is 416 g/mol. The number of ether oxygens (including phenoxy) is 1. The van der Waals surface area contributed by atoms with Gasteiger partial charge in [-0.1, -0.05) is 73.2 Å². The number of benzene rings is 3. The van der Waals surface area contributed by atoms with Crippen LogP contribution in [0.25, 0.3) is 11.1 Å².